The number of carbonyl (C=O) groups is 18. The van der Waals surface area contributed by atoms with Crippen molar-refractivity contribution in [1.82, 2.24) is 89.2 Å². The Morgan fingerprint density at radius 3 is 1.51 bits per heavy atom. The van der Waals surface area contributed by atoms with E-state index in [-0.39, 0.29) is 75.3 Å². The average molecular weight is 1960 g/mol. The molecule has 14 atom stereocenters. The molecular weight excluding hydrogens is 1830 g/mol. The number of guanidine groups is 1. The quantitative estimate of drug-likeness (QED) is 0.0133. The Hall–Kier alpha value is -14.6. The van der Waals surface area contributed by atoms with Crippen LogP contribution in [0.15, 0.2) is 140 Å². The highest BCUT2D eigenvalue weighted by atomic mass is 32.2. The minimum absolute atomic E-state index is 0.0158. The molecule has 43 nitrogen and oxygen atoms in total. The molecule has 0 bridgehead atoms. The molecule has 17 amide bonds. The number of phenols is 1. The largest absolute Gasteiger partial charge is 0.508 e. The Morgan fingerprint density at radius 1 is 0.479 bits per heavy atom. The fourth-order valence-electron chi connectivity index (χ4n) is 15.4. The molecule has 0 unspecified atom stereocenters. The number of nitrogens with zero attached hydrogens (tertiary/aromatic N) is 2. The zero-order valence-electron chi connectivity index (χ0n) is 79.8. The normalized spacial score (nSPS) is 22.7. The topological polar surface area (TPSA) is 687 Å². The van der Waals surface area contributed by atoms with Crippen molar-refractivity contribution in [2.75, 3.05) is 51.8 Å². The van der Waals surface area contributed by atoms with Crippen molar-refractivity contribution < 1.29 is 102 Å². The first kappa shape index (κ1) is 112. The van der Waals surface area contributed by atoms with E-state index in [0.29, 0.717) is 45.8 Å². The summed E-state index contributed by atoms with van der Waals surface area (Å²) in [7, 11) is 2.60. The lowest BCUT2D eigenvalue weighted by Gasteiger charge is -2.35. The van der Waals surface area contributed by atoms with Crippen LogP contribution >= 0.6 is 11.8 Å². The summed E-state index contributed by atoms with van der Waals surface area (Å²) in [5.74, 6) is -23.0. The molecule has 0 spiro atoms. The summed E-state index contributed by atoms with van der Waals surface area (Å²) >= 11 is 0.641. The average Bonchev–Trinajstić information content (AvgIpc) is 1.70. The summed E-state index contributed by atoms with van der Waals surface area (Å²) in [4.78, 5) is 267. The van der Waals surface area contributed by atoms with E-state index in [9.17, 15) is 63.3 Å². The van der Waals surface area contributed by atoms with Crippen molar-refractivity contribution in [2.45, 2.75) is 217 Å². The number of amides is 17. The molecule has 27 N–H and O–H groups in total. The van der Waals surface area contributed by atoms with Crippen molar-refractivity contribution in [3.05, 3.63) is 162 Å². The third kappa shape index (κ3) is 35.8. The number of primary amides is 2. The molecule has 44 heteroatoms. The molecule has 1 saturated heterocycles. The van der Waals surface area contributed by atoms with Gasteiger partial charge in [0, 0.05) is 75.6 Å². The number of rotatable bonds is 30. The number of benzene rings is 5. The standard InChI is InChI=1S/C96H132N22O21S/c1-52(2)41-68-88(132)115-81(54(5)6)93(137)113-73(49-119)90(134)114-74(82(126)104-48-77(99)122)50-140-51-78(123)105-66(37-38-76(98)121)84(128)109-69(43-58-31-35-62(120)36-32-58)86(130)111-72(46-79(124)125)87(131)110-71(45-61-47-103-64-26-17-16-25-63(61)64)89(133)116-80(53(3)4)92(136)112-70(42-57-29-33-60(34-30-57)59-23-14-11-15-24-59)85(129)107-67(28-20-40-102-96(100)101)95(139)117(8)55(7)94(138)118(9)75(44-56-21-12-10-13-22-56)91(135)106-65(83(127)108-68)27-18-19-39-97/h10-17,21-26,29-36,47,52-55,65-75,80-81,103,119-120H,18-20,27-28,37-46,48-51,97H2,1-9H3,(H2,98,121)(H2,99,122)(H,104,126)(H,105,123)(H,106,135)(H,107,129)(H,108,127)(H,109,128)(H,110,131)(H,111,130)(H,112,136)(H,113,137)(H,114,134)(H,115,132)(H,116,133)(H,124,125)(H4,100,101,102)/t55-,65-,66-,67-,68-,69-,70-,71-,72-,73-,74-,75-,80-,81-/m0/s1. The zero-order valence-corrected chi connectivity index (χ0v) is 80.6. The minimum Gasteiger partial charge on any atom is -0.508 e. The predicted molar refractivity (Wildman–Crippen MR) is 520 cm³/mol. The molecule has 5 aromatic carbocycles. The molecule has 7 rings (SSSR count). The summed E-state index contributed by atoms with van der Waals surface area (Å²) in [5.41, 5.74) is 26.4. The highest BCUT2D eigenvalue weighted by molar-refractivity contribution is 8.00. The van der Waals surface area contributed by atoms with Crippen LogP contribution in [0, 0.1) is 23.2 Å². The van der Waals surface area contributed by atoms with E-state index < -0.39 is 266 Å². The lowest BCUT2D eigenvalue weighted by molar-refractivity contribution is -0.148. The van der Waals surface area contributed by atoms with Gasteiger partial charge < -0.3 is 127 Å². The van der Waals surface area contributed by atoms with Gasteiger partial charge in [0.2, 0.25) is 100 Å². The van der Waals surface area contributed by atoms with Gasteiger partial charge in [-0.25, -0.2) is 0 Å². The predicted octanol–water partition coefficient (Wildman–Crippen LogP) is -1.87. The maximum atomic E-state index is 15.6. The number of hydrogen-bond donors (Lipinski definition) is 23. The van der Waals surface area contributed by atoms with Crippen molar-refractivity contribution in [3.8, 4) is 16.9 Å². The molecule has 0 radical (unpaired) electrons. The van der Waals surface area contributed by atoms with Crippen LogP contribution in [-0.2, 0) is 112 Å². The molecule has 1 aromatic heterocycles. The Bertz CT molecular complexity index is 5300. The highest BCUT2D eigenvalue weighted by Gasteiger charge is 2.42. The molecule has 0 aliphatic carbocycles. The maximum Gasteiger partial charge on any atom is 0.305 e. The number of nitrogens with two attached hydrogens (primary N) is 4. The maximum absolute atomic E-state index is 15.6. The van der Waals surface area contributed by atoms with Gasteiger partial charge in [-0.15, -0.1) is 11.8 Å². The highest BCUT2D eigenvalue weighted by Crippen LogP contribution is 2.25. The molecule has 2 heterocycles. The smallest absolute Gasteiger partial charge is 0.305 e. The van der Waals surface area contributed by atoms with Crippen LogP contribution in [0.4, 0.5) is 0 Å². The van der Waals surface area contributed by atoms with Gasteiger partial charge in [0.1, 0.15) is 90.3 Å². The molecule has 0 saturated carbocycles. The molecule has 1 fully saturated rings. The lowest BCUT2D eigenvalue weighted by atomic mass is 9.98. The number of phenolic OH excluding ortho intramolecular Hbond substituents is 1. The third-order valence-electron chi connectivity index (χ3n) is 23.3. The number of likely N-dealkylation sites (N-methyl/N-ethyl adjacent to an activating group) is 2. The zero-order chi connectivity index (χ0) is 103. The number of aliphatic carboxylic acids is 1. The van der Waals surface area contributed by atoms with Gasteiger partial charge in [-0.2, -0.15) is 0 Å². The Labute approximate surface area is 815 Å². The monoisotopic (exact) mass is 1960 g/mol. The fourth-order valence-corrected chi connectivity index (χ4v) is 16.2. The Balaban J connectivity index is 1.35. The van der Waals surface area contributed by atoms with Gasteiger partial charge in [0.05, 0.1) is 25.3 Å². The third-order valence-corrected chi connectivity index (χ3v) is 24.3. The molecule has 758 valence electrons. The van der Waals surface area contributed by atoms with E-state index >= 15 is 38.4 Å². The number of aliphatic hydroxyl groups is 1. The van der Waals surface area contributed by atoms with Gasteiger partial charge in [0.15, 0.2) is 5.96 Å². The number of carboxylic acid groups (broad SMARTS) is 1. The first-order valence-electron chi connectivity index (χ1n) is 46.2. The fraction of sp³-hybridized carbons (Fsp3) is 0.469. The number of unbranched alkanes of at least 4 members (excludes halogenated alkanes) is 1. The summed E-state index contributed by atoms with van der Waals surface area (Å²) in [5, 5.41) is 76.0. The molecule has 6 aromatic rings. The molecule has 140 heavy (non-hydrogen) atoms. The van der Waals surface area contributed by atoms with E-state index in [4.69, 9.17) is 28.3 Å². The number of thioether (sulfide) groups is 1. The molecule has 1 aliphatic rings. The van der Waals surface area contributed by atoms with Crippen LogP contribution in [0.3, 0.4) is 0 Å². The summed E-state index contributed by atoms with van der Waals surface area (Å²) < 4.78 is 0. The van der Waals surface area contributed by atoms with Crippen molar-refractivity contribution in [3.63, 3.8) is 0 Å². The number of aromatic nitrogens is 1. The number of carbonyl (C=O) groups excluding carboxylic acids is 17. The first-order valence-corrected chi connectivity index (χ1v) is 47.3. The molecule has 1 aliphatic heterocycles. The van der Waals surface area contributed by atoms with E-state index in [1.54, 1.807) is 113 Å². The summed E-state index contributed by atoms with van der Waals surface area (Å²) in [6, 6.07) is 13.6. The minimum atomic E-state index is -2.12. The number of H-pyrrole nitrogens is 1. The number of carboxylic acids is 1. The van der Waals surface area contributed by atoms with Crippen LogP contribution in [0.5, 0.6) is 5.75 Å². The SMILES string of the molecule is CC(C)C[C@@H]1NC(=O)[C@H](CCCCN)NC(=O)[C@H](Cc2ccccc2)N(C)C(=O)[C@H](C)N(C)C(=O)[C@H](CCCNC(=N)N)NC(=O)[C@H](Cc2ccc(-c3ccccc3)cc2)NC(=O)[C@H](C(C)C)NC(=O)[C@H](Cc2c[nH]c3ccccc23)NC(=O)[C@H](CC(=O)O)NC(=O)[C@H](Cc2ccc(O)cc2)NC(=O)[C@H](CCC(N)=O)NC(=O)CSC[C@@H](C(=O)NCC(N)=O)NC(=O)[C@H](CO)NC(=O)[C@H](C(C)C)NC1=O. The number of fused-ring (bicyclic) bond motifs is 1. The van der Waals surface area contributed by atoms with Crippen molar-refractivity contribution >= 4 is 135 Å². The number of para-hydroxylation sites is 1. The van der Waals surface area contributed by atoms with Crippen LogP contribution in [-0.4, -0.2) is 279 Å². The number of hydrogen-bond acceptors (Lipinski definition) is 23. The first-order chi connectivity index (χ1) is 66.4. The number of aliphatic hydroxyl groups excluding tert-OH is 1. The summed E-state index contributed by atoms with van der Waals surface area (Å²) in [6.45, 7) is 9.25. The van der Waals surface area contributed by atoms with Crippen molar-refractivity contribution in [2.24, 2.45) is 40.7 Å². The van der Waals surface area contributed by atoms with E-state index in [1.807, 2.05) is 30.3 Å². The van der Waals surface area contributed by atoms with Gasteiger partial charge >= 0.3 is 5.97 Å². The second-order valence-corrected chi connectivity index (χ2v) is 36.5. The van der Waals surface area contributed by atoms with E-state index in [1.165, 1.54) is 59.1 Å². The lowest BCUT2D eigenvalue weighted by Crippen LogP contribution is -2.62. The second-order valence-electron chi connectivity index (χ2n) is 35.5. The molecular formula is C96H132N22O21S. The number of aromatic hydroxyl groups is 1. The van der Waals surface area contributed by atoms with E-state index in [2.05, 4.69) is 79.4 Å². The van der Waals surface area contributed by atoms with Gasteiger partial charge in [0.25, 0.3) is 0 Å². The van der Waals surface area contributed by atoms with E-state index in [0.717, 1.165) is 20.9 Å². The van der Waals surface area contributed by atoms with Crippen LogP contribution in [0.25, 0.3) is 22.0 Å². The Morgan fingerprint density at radius 2 is 0.950 bits per heavy atom. The van der Waals surface area contributed by atoms with Crippen LogP contribution in [0.2, 0.25) is 0 Å². The van der Waals surface area contributed by atoms with Crippen LogP contribution < -0.4 is 97.4 Å². The second kappa shape index (κ2) is 55.7. The van der Waals surface area contributed by atoms with Gasteiger partial charge in [-0.1, -0.05) is 157 Å². The van der Waals surface area contributed by atoms with Crippen LogP contribution in [0.1, 0.15) is 129 Å². The Kier molecular flexibility index (Phi) is 44.8. The summed E-state index contributed by atoms with van der Waals surface area (Å²) in [6.07, 6.45) is -1.87. The number of aromatic amines is 1. The van der Waals surface area contributed by atoms with Gasteiger partial charge in [-0.05, 0) is 128 Å². The van der Waals surface area contributed by atoms with Crippen molar-refractivity contribution in [1.29, 1.82) is 5.41 Å². The van der Waals surface area contributed by atoms with Gasteiger partial charge in [-0.3, -0.25) is 91.7 Å². The number of nitrogens with one attached hydrogen (secondary N) is 16.